The number of hydrogen-bond acceptors (Lipinski definition) is 1. The van der Waals surface area contributed by atoms with E-state index in [1.807, 2.05) is 0 Å². The van der Waals surface area contributed by atoms with E-state index in [4.69, 9.17) is 0 Å². The summed E-state index contributed by atoms with van der Waals surface area (Å²) in [6.45, 7) is 11.9. The lowest BCUT2D eigenvalue weighted by molar-refractivity contribution is -0.118. The highest BCUT2D eigenvalue weighted by Gasteiger charge is 2.40. The van der Waals surface area contributed by atoms with Crippen molar-refractivity contribution >= 4 is 11.6 Å². The average Bonchev–Trinajstić information content (AvgIpc) is 2.98. The van der Waals surface area contributed by atoms with Crippen LogP contribution in [-0.4, -0.2) is 12.5 Å². The number of anilines is 1. The Morgan fingerprint density at radius 1 is 0.933 bits per heavy atom. The largest absolute Gasteiger partial charge is 0.311 e. The highest BCUT2D eigenvalue weighted by Crippen LogP contribution is 2.44. The van der Waals surface area contributed by atoms with Gasteiger partial charge in [0.2, 0.25) is 5.91 Å². The molecule has 0 radical (unpaired) electrons. The second kappa shape index (κ2) is 9.81. The van der Waals surface area contributed by atoms with Crippen molar-refractivity contribution in [1.82, 2.24) is 0 Å². The number of unbranched alkanes of at least 4 members (excludes halogenated alkanes) is 4. The van der Waals surface area contributed by atoms with Crippen molar-refractivity contribution in [2.75, 3.05) is 11.4 Å². The van der Waals surface area contributed by atoms with Crippen LogP contribution in [0.4, 0.5) is 5.69 Å². The van der Waals surface area contributed by atoms with Crippen molar-refractivity contribution in [3.8, 4) is 0 Å². The zero-order valence-electron chi connectivity index (χ0n) is 19.7. The smallest absolute Gasteiger partial charge is 0.227 e. The molecule has 2 heteroatoms. The summed E-state index contributed by atoms with van der Waals surface area (Å²) in [5.41, 5.74) is 7.85. The van der Waals surface area contributed by atoms with Crippen molar-refractivity contribution in [3.63, 3.8) is 0 Å². The van der Waals surface area contributed by atoms with Gasteiger partial charge in [-0.15, -0.1) is 0 Å². The van der Waals surface area contributed by atoms with E-state index in [9.17, 15) is 4.79 Å². The molecule has 0 aliphatic carbocycles. The fraction of sp³-hybridized carbons (Fsp3) is 0.536. The highest BCUT2D eigenvalue weighted by molar-refractivity contribution is 5.96. The molecule has 162 valence electrons. The lowest BCUT2D eigenvalue weighted by Gasteiger charge is -2.26. The van der Waals surface area contributed by atoms with Gasteiger partial charge >= 0.3 is 0 Å². The zero-order valence-corrected chi connectivity index (χ0v) is 19.7. The first-order chi connectivity index (χ1) is 14.3. The summed E-state index contributed by atoms with van der Waals surface area (Å²) >= 11 is 0. The minimum atomic E-state index is 0.0108. The number of amides is 1. The molecule has 0 saturated heterocycles. The van der Waals surface area contributed by atoms with Gasteiger partial charge in [0, 0.05) is 24.1 Å². The number of benzene rings is 2. The number of nitrogens with zero attached hydrogens (tertiary/aromatic N) is 1. The van der Waals surface area contributed by atoms with Gasteiger partial charge in [0.1, 0.15) is 0 Å². The van der Waals surface area contributed by atoms with Crippen molar-refractivity contribution in [1.29, 1.82) is 0 Å². The highest BCUT2D eigenvalue weighted by atomic mass is 16.2. The molecule has 0 fully saturated rings. The Bertz CT molecular complexity index is 864. The minimum absolute atomic E-state index is 0.0108. The van der Waals surface area contributed by atoms with Gasteiger partial charge in [-0.1, -0.05) is 86.6 Å². The normalized spacial score (nSPS) is 18.0. The van der Waals surface area contributed by atoms with Crippen LogP contribution in [0.25, 0.3) is 0 Å². The van der Waals surface area contributed by atoms with Crippen LogP contribution in [0.1, 0.15) is 86.6 Å². The fourth-order valence-corrected chi connectivity index (χ4v) is 4.97. The van der Waals surface area contributed by atoms with E-state index in [2.05, 4.69) is 75.9 Å². The third kappa shape index (κ3) is 5.33. The van der Waals surface area contributed by atoms with Crippen LogP contribution in [0.2, 0.25) is 0 Å². The Balaban J connectivity index is 1.74. The molecule has 2 aromatic rings. The molecule has 0 saturated carbocycles. The molecule has 1 atom stereocenters. The summed E-state index contributed by atoms with van der Waals surface area (Å²) in [6.07, 6.45) is 8.71. The molecule has 2 aromatic carbocycles. The van der Waals surface area contributed by atoms with Gasteiger partial charge < -0.3 is 4.90 Å². The van der Waals surface area contributed by atoms with Crippen LogP contribution in [-0.2, 0) is 16.6 Å². The van der Waals surface area contributed by atoms with Crippen LogP contribution < -0.4 is 4.90 Å². The van der Waals surface area contributed by atoms with E-state index < -0.39 is 0 Å². The van der Waals surface area contributed by atoms with Gasteiger partial charge in [0.15, 0.2) is 0 Å². The van der Waals surface area contributed by atoms with Gasteiger partial charge in [-0.25, -0.2) is 0 Å². The Labute approximate surface area is 183 Å². The molecular weight excluding hydrogens is 366 g/mol. The first kappa shape index (κ1) is 22.6. The molecule has 1 heterocycles. The maximum atomic E-state index is 13.1. The number of rotatable bonds is 9. The molecule has 30 heavy (non-hydrogen) atoms. The summed E-state index contributed by atoms with van der Waals surface area (Å²) < 4.78 is 0. The molecule has 1 amide bonds. The molecule has 3 rings (SSSR count). The summed E-state index contributed by atoms with van der Waals surface area (Å²) in [4.78, 5) is 15.2. The SMILES string of the molecule is CCCCCCCC(=O)N1CC(C)(CCc2cc(C)cc(C)c2)c2cc(C)ccc21. The van der Waals surface area contributed by atoms with Crippen molar-refractivity contribution < 1.29 is 4.79 Å². The Kier molecular flexibility index (Phi) is 7.39. The minimum Gasteiger partial charge on any atom is -0.311 e. The van der Waals surface area contributed by atoms with Crippen LogP contribution in [0.5, 0.6) is 0 Å². The number of aryl methyl sites for hydroxylation is 4. The molecule has 0 spiro atoms. The lowest BCUT2D eigenvalue weighted by atomic mass is 9.79. The van der Waals surface area contributed by atoms with E-state index in [-0.39, 0.29) is 5.41 Å². The van der Waals surface area contributed by atoms with Gasteiger partial charge in [0.25, 0.3) is 0 Å². The van der Waals surface area contributed by atoms with Gasteiger partial charge in [0.05, 0.1) is 0 Å². The Morgan fingerprint density at radius 2 is 1.63 bits per heavy atom. The van der Waals surface area contributed by atoms with Crippen molar-refractivity contribution in [2.45, 2.75) is 91.4 Å². The Hall–Kier alpha value is -2.09. The van der Waals surface area contributed by atoms with E-state index >= 15 is 0 Å². The molecular formula is C28H39NO. The van der Waals surface area contributed by atoms with Crippen LogP contribution in [0.15, 0.2) is 36.4 Å². The van der Waals surface area contributed by atoms with Gasteiger partial charge in [-0.3, -0.25) is 4.79 Å². The van der Waals surface area contributed by atoms with Crippen molar-refractivity contribution in [2.24, 2.45) is 0 Å². The number of fused-ring (bicyclic) bond motifs is 1. The second-order valence-electron chi connectivity index (χ2n) is 9.72. The monoisotopic (exact) mass is 405 g/mol. The third-order valence-electron chi connectivity index (χ3n) is 6.64. The summed E-state index contributed by atoms with van der Waals surface area (Å²) in [5, 5.41) is 0. The predicted molar refractivity (Wildman–Crippen MR) is 128 cm³/mol. The predicted octanol–water partition coefficient (Wildman–Crippen LogP) is 7.21. The molecule has 1 unspecified atom stereocenters. The molecule has 1 aliphatic rings. The van der Waals surface area contributed by atoms with E-state index in [1.165, 1.54) is 47.1 Å². The Morgan fingerprint density at radius 3 is 2.33 bits per heavy atom. The maximum Gasteiger partial charge on any atom is 0.227 e. The summed E-state index contributed by atoms with van der Waals surface area (Å²) in [6, 6.07) is 13.5. The first-order valence-electron chi connectivity index (χ1n) is 11.8. The summed E-state index contributed by atoms with van der Waals surface area (Å²) in [5.74, 6) is 0.298. The van der Waals surface area contributed by atoms with Gasteiger partial charge in [-0.2, -0.15) is 0 Å². The van der Waals surface area contributed by atoms with E-state index in [0.29, 0.717) is 12.3 Å². The van der Waals surface area contributed by atoms with Gasteiger partial charge in [-0.05, 0) is 57.2 Å². The maximum absolute atomic E-state index is 13.1. The number of hydrogen-bond donors (Lipinski definition) is 0. The number of carbonyl (C=O) groups excluding carboxylic acids is 1. The van der Waals surface area contributed by atoms with Crippen LogP contribution >= 0.6 is 0 Å². The topological polar surface area (TPSA) is 20.3 Å². The second-order valence-corrected chi connectivity index (χ2v) is 9.72. The lowest BCUT2D eigenvalue weighted by Crippen LogP contribution is -2.35. The standard InChI is InChI=1S/C28H39NO/c1-6-7-8-9-10-11-27(30)29-20-28(5,25-19-21(2)12-13-26(25)29)15-14-24-17-22(3)16-23(4)18-24/h12-13,16-19H,6-11,14-15,20H2,1-5H3. The molecule has 1 aliphatic heterocycles. The fourth-order valence-electron chi connectivity index (χ4n) is 4.97. The number of carbonyl (C=O) groups is 1. The zero-order chi connectivity index (χ0) is 21.7. The van der Waals surface area contributed by atoms with E-state index in [0.717, 1.165) is 37.9 Å². The molecule has 0 bridgehead atoms. The quantitative estimate of drug-likeness (QED) is 0.404. The van der Waals surface area contributed by atoms with Crippen molar-refractivity contribution in [3.05, 3.63) is 64.2 Å². The van der Waals surface area contributed by atoms with E-state index in [1.54, 1.807) is 0 Å². The van der Waals surface area contributed by atoms with Crippen LogP contribution in [0.3, 0.4) is 0 Å². The first-order valence-corrected chi connectivity index (χ1v) is 11.8. The molecule has 0 N–H and O–H groups in total. The average molecular weight is 406 g/mol. The molecule has 0 aromatic heterocycles. The summed E-state index contributed by atoms with van der Waals surface area (Å²) in [7, 11) is 0. The molecule has 2 nitrogen and oxygen atoms in total. The van der Waals surface area contributed by atoms with Crippen LogP contribution in [0, 0.1) is 20.8 Å². The third-order valence-corrected chi connectivity index (χ3v) is 6.64.